The molecule has 0 aliphatic heterocycles. The second-order valence-corrected chi connectivity index (χ2v) is 16.7. The molecule has 4 heterocycles. The normalized spacial score (nSPS) is 12.2. The van der Waals surface area contributed by atoms with E-state index in [1.165, 1.54) is 54.4 Å². The molecular formula is C59H35N3O. The molecule has 0 fully saturated rings. The number of benzene rings is 10. The van der Waals surface area contributed by atoms with E-state index in [4.69, 9.17) is 0 Å². The van der Waals surface area contributed by atoms with Gasteiger partial charge < -0.3 is 9.13 Å². The summed E-state index contributed by atoms with van der Waals surface area (Å²) in [5.41, 5.74) is 13.3. The minimum Gasteiger partial charge on any atom is -0.307 e. The molecule has 14 rings (SSSR count). The van der Waals surface area contributed by atoms with Crippen molar-refractivity contribution in [2.24, 2.45) is 0 Å². The Balaban J connectivity index is 1.02. The summed E-state index contributed by atoms with van der Waals surface area (Å²) in [5, 5.41) is 12.2. The Morgan fingerprint density at radius 2 is 0.810 bits per heavy atom. The monoisotopic (exact) mass is 801 g/mol. The Bertz CT molecular complexity index is 4280. The van der Waals surface area contributed by atoms with Crippen LogP contribution in [-0.2, 0) is 0 Å². The van der Waals surface area contributed by atoms with Crippen molar-refractivity contribution in [3.63, 3.8) is 0 Å². The number of hydrogen-bond acceptors (Lipinski definition) is 1. The molecule has 4 nitrogen and oxygen atoms in total. The molecule has 0 N–H and O–H groups in total. The summed E-state index contributed by atoms with van der Waals surface area (Å²) in [6, 6.07) is 76.1. The lowest BCUT2D eigenvalue weighted by atomic mass is 9.91. The van der Waals surface area contributed by atoms with Crippen LogP contribution < -0.4 is 5.56 Å². The van der Waals surface area contributed by atoms with E-state index in [1.807, 2.05) is 22.6 Å². The zero-order chi connectivity index (χ0) is 41.3. The van der Waals surface area contributed by atoms with Crippen LogP contribution in [0.1, 0.15) is 0 Å². The zero-order valence-electron chi connectivity index (χ0n) is 34.0. The molecule has 14 aromatic rings. The summed E-state index contributed by atoms with van der Waals surface area (Å²) >= 11 is 0. The minimum atomic E-state index is 0.0148. The van der Waals surface area contributed by atoms with E-state index in [0.29, 0.717) is 0 Å². The van der Waals surface area contributed by atoms with Crippen LogP contribution >= 0.6 is 0 Å². The Morgan fingerprint density at radius 1 is 0.302 bits per heavy atom. The van der Waals surface area contributed by atoms with E-state index in [0.717, 1.165) is 71.6 Å². The first-order valence-corrected chi connectivity index (χ1v) is 21.6. The van der Waals surface area contributed by atoms with Gasteiger partial charge in [0.1, 0.15) is 0 Å². The summed E-state index contributed by atoms with van der Waals surface area (Å²) in [4.78, 5) is 14.4. The molecule has 0 radical (unpaired) electrons. The van der Waals surface area contributed by atoms with Gasteiger partial charge in [0.2, 0.25) is 0 Å². The number of nitrogens with zero attached hydrogens (tertiary/aromatic N) is 3. The van der Waals surface area contributed by atoms with Gasteiger partial charge in [-0.3, -0.25) is 9.20 Å². The zero-order valence-corrected chi connectivity index (χ0v) is 34.0. The van der Waals surface area contributed by atoms with Crippen molar-refractivity contribution in [2.75, 3.05) is 0 Å². The number of para-hydroxylation sites is 5. The van der Waals surface area contributed by atoms with E-state index >= 15 is 0 Å². The van der Waals surface area contributed by atoms with E-state index in [9.17, 15) is 4.79 Å². The fourth-order valence-electron chi connectivity index (χ4n) is 11.0. The van der Waals surface area contributed by atoms with Gasteiger partial charge in [0.05, 0.1) is 38.8 Å². The highest BCUT2D eigenvalue weighted by Gasteiger charge is 2.23. The maximum atomic E-state index is 14.4. The summed E-state index contributed by atoms with van der Waals surface area (Å²) in [6.45, 7) is 0. The Labute approximate surface area is 360 Å². The first-order valence-electron chi connectivity index (χ1n) is 21.6. The highest BCUT2D eigenvalue weighted by molar-refractivity contribution is 6.25. The van der Waals surface area contributed by atoms with Crippen LogP contribution in [0.4, 0.5) is 0 Å². The molecule has 0 amide bonds. The molecule has 0 atom stereocenters. The van der Waals surface area contributed by atoms with Crippen LogP contribution in [0, 0.1) is 0 Å². The molecule has 0 unspecified atom stereocenters. The lowest BCUT2D eigenvalue weighted by Crippen LogP contribution is -2.13. The van der Waals surface area contributed by atoms with Gasteiger partial charge in [-0.15, -0.1) is 0 Å². The predicted molar refractivity (Wildman–Crippen MR) is 264 cm³/mol. The average molecular weight is 802 g/mol. The van der Waals surface area contributed by atoms with Gasteiger partial charge in [-0.05, 0) is 76.2 Å². The van der Waals surface area contributed by atoms with Gasteiger partial charge in [-0.25, -0.2) is 0 Å². The standard InChI is InChI=1S/C59H35N3O/c63-59-50-27-13-24-40(55(50)49-26-14-25-46-43-21-8-11-30-53(43)62(59)56(46)49)37-16-12-15-36(35-37)39-33-34-54(42-20-5-4-19-41(39)42)61-52-29-10-7-23-45(52)48-32-31-47-44-22-6-9-28-51(44)60(57(47)58(48)61)38-17-2-1-3-18-38/h1-35H. The lowest BCUT2D eigenvalue weighted by molar-refractivity contribution is 1.16. The molecule has 4 heteroatoms. The van der Waals surface area contributed by atoms with Crippen molar-refractivity contribution in [3.05, 3.63) is 223 Å². The summed E-state index contributed by atoms with van der Waals surface area (Å²) in [5.74, 6) is 0. The van der Waals surface area contributed by atoms with Crippen molar-refractivity contribution < 1.29 is 0 Å². The fraction of sp³-hybridized carbons (Fsp3) is 0. The van der Waals surface area contributed by atoms with Gasteiger partial charge in [0.25, 0.3) is 5.56 Å². The van der Waals surface area contributed by atoms with Gasteiger partial charge in [0.15, 0.2) is 0 Å². The van der Waals surface area contributed by atoms with Crippen molar-refractivity contribution in [1.29, 1.82) is 0 Å². The molecule has 63 heavy (non-hydrogen) atoms. The molecule has 0 saturated carbocycles. The first-order chi connectivity index (χ1) is 31.2. The highest BCUT2D eigenvalue weighted by Crippen LogP contribution is 2.45. The molecule has 0 spiro atoms. The number of aromatic nitrogens is 3. The Morgan fingerprint density at radius 3 is 1.56 bits per heavy atom. The third-order valence-electron chi connectivity index (χ3n) is 13.6. The minimum absolute atomic E-state index is 0.0148. The number of rotatable bonds is 4. The van der Waals surface area contributed by atoms with Crippen molar-refractivity contribution >= 4 is 92.3 Å². The van der Waals surface area contributed by atoms with Crippen molar-refractivity contribution in [3.8, 4) is 33.6 Å². The van der Waals surface area contributed by atoms with Crippen LogP contribution in [0.5, 0.6) is 0 Å². The van der Waals surface area contributed by atoms with E-state index < -0.39 is 0 Å². The summed E-state index contributed by atoms with van der Waals surface area (Å²) in [6.07, 6.45) is 0. The maximum absolute atomic E-state index is 14.4. The van der Waals surface area contributed by atoms with E-state index in [-0.39, 0.29) is 5.56 Å². The summed E-state index contributed by atoms with van der Waals surface area (Å²) < 4.78 is 6.86. The second-order valence-electron chi connectivity index (χ2n) is 16.7. The smallest absolute Gasteiger partial charge is 0.263 e. The van der Waals surface area contributed by atoms with Gasteiger partial charge in [0, 0.05) is 59.5 Å². The molecule has 0 saturated heterocycles. The van der Waals surface area contributed by atoms with Gasteiger partial charge >= 0.3 is 0 Å². The largest absolute Gasteiger partial charge is 0.307 e. The number of fused-ring (bicyclic) bond motifs is 13. The van der Waals surface area contributed by atoms with Crippen LogP contribution in [0.2, 0.25) is 0 Å². The van der Waals surface area contributed by atoms with Crippen LogP contribution in [0.25, 0.3) is 126 Å². The molecule has 0 aliphatic rings. The van der Waals surface area contributed by atoms with Crippen molar-refractivity contribution in [2.45, 2.75) is 0 Å². The molecule has 0 bridgehead atoms. The van der Waals surface area contributed by atoms with Crippen LogP contribution in [0.15, 0.2) is 217 Å². The quantitative estimate of drug-likeness (QED) is 0.163. The van der Waals surface area contributed by atoms with Crippen LogP contribution in [0.3, 0.4) is 0 Å². The first kappa shape index (κ1) is 34.3. The molecule has 4 aromatic heterocycles. The predicted octanol–water partition coefficient (Wildman–Crippen LogP) is 14.9. The number of hydrogen-bond donors (Lipinski definition) is 0. The van der Waals surface area contributed by atoms with Gasteiger partial charge in [-0.1, -0.05) is 164 Å². The Kier molecular flexibility index (Phi) is 6.95. The third kappa shape index (κ3) is 4.61. The van der Waals surface area contributed by atoms with E-state index in [1.54, 1.807) is 0 Å². The summed E-state index contributed by atoms with van der Waals surface area (Å²) in [7, 11) is 0. The van der Waals surface area contributed by atoms with Crippen LogP contribution in [-0.4, -0.2) is 13.5 Å². The van der Waals surface area contributed by atoms with Crippen molar-refractivity contribution in [1.82, 2.24) is 13.5 Å². The SMILES string of the molecule is O=c1c2cccc(-c3cccc(-c4ccc(-n5c6ccccc6c6ccc7c8ccccc8n(-c8ccccc8)c7c65)c5ccccc45)c3)c2c2cccc3c4ccccc4n1c32. The number of pyridine rings is 1. The highest BCUT2D eigenvalue weighted by atomic mass is 16.1. The third-order valence-corrected chi connectivity index (χ3v) is 13.6. The maximum Gasteiger partial charge on any atom is 0.263 e. The topological polar surface area (TPSA) is 31.3 Å². The van der Waals surface area contributed by atoms with Gasteiger partial charge in [-0.2, -0.15) is 0 Å². The van der Waals surface area contributed by atoms with E-state index in [2.05, 4.69) is 203 Å². The molecular weight excluding hydrogens is 767 g/mol. The molecule has 292 valence electrons. The average Bonchev–Trinajstić information content (AvgIpc) is 3.99. The molecule has 10 aromatic carbocycles. The lowest BCUT2D eigenvalue weighted by Gasteiger charge is -2.17. The Hall–Kier alpha value is -8.47. The second kappa shape index (κ2) is 12.8. The molecule has 0 aliphatic carbocycles. The fourth-order valence-corrected chi connectivity index (χ4v) is 11.0.